The Morgan fingerprint density at radius 3 is 2.48 bits per heavy atom. The third kappa shape index (κ3) is 3.78. The summed E-state index contributed by atoms with van der Waals surface area (Å²) in [5, 5.41) is 3.04. The summed E-state index contributed by atoms with van der Waals surface area (Å²) in [6, 6.07) is 0. The van der Waals surface area contributed by atoms with E-state index in [4.69, 9.17) is 5.73 Å². The molecule has 0 bridgehead atoms. The Balaban J connectivity index is 2.00. The maximum Gasteiger partial charge on any atom is 0.330 e. The van der Waals surface area contributed by atoms with Crippen molar-refractivity contribution in [2.24, 2.45) is 31.2 Å². The third-order valence-corrected chi connectivity index (χ3v) is 6.82. The van der Waals surface area contributed by atoms with E-state index in [9.17, 15) is 19.2 Å². The van der Waals surface area contributed by atoms with Gasteiger partial charge in [0.2, 0.25) is 0 Å². The summed E-state index contributed by atoms with van der Waals surface area (Å²) in [6.45, 7) is 6.59. The first-order valence-electron chi connectivity index (χ1n) is 9.44. The number of rotatable bonds is 3. The van der Waals surface area contributed by atoms with Gasteiger partial charge in [0.25, 0.3) is 17.4 Å². The van der Waals surface area contributed by atoms with Gasteiger partial charge in [0, 0.05) is 25.2 Å². The third-order valence-electron chi connectivity index (χ3n) is 5.65. The van der Waals surface area contributed by atoms with Crippen LogP contribution in [-0.2, 0) is 26.9 Å². The molecule has 8 nitrogen and oxygen atoms in total. The van der Waals surface area contributed by atoms with Crippen LogP contribution in [0.3, 0.4) is 0 Å². The van der Waals surface area contributed by atoms with Crippen LogP contribution in [0.2, 0.25) is 0 Å². The molecule has 0 spiro atoms. The molecule has 3 N–H and O–H groups in total. The molecule has 2 heterocycles. The summed E-state index contributed by atoms with van der Waals surface area (Å²) in [5.41, 5.74) is 5.59. The van der Waals surface area contributed by atoms with Crippen LogP contribution in [0, 0.1) is 11.3 Å². The molecule has 0 fully saturated rings. The maximum atomic E-state index is 12.8. The molecule has 0 saturated heterocycles. The van der Waals surface area contributed by atoms with Crippen molar-refractivity contribution >= 4 is 28.2 Å². The van der Waals surface area contributed by atoms with Crippen molar-refractivity contribution in [1.82, 2.24) is 9.13 Å². The van der Waals surface area contributed by atoms with E-state index in [-0.39, 0.29) is 11.0 Å². The monoisotopic (exact) mass is 418 g/mol. The van der Waals surface area contributed by atoms with E-state index >= 15 is 0 Å². The van der Waals surface area contributed by atoms with Crippen molar-refractivity contribution in [2.75, 3.05) is 5.32 Å². The number of hydrogen-bond acceptors (Lipinski definition) is 5. The number of carbonyl (C=O) groups excluding carboxylic acids is 2. The van der Waals surface area contributed by atoms with Crippen molar-refractivity contribution in [2.45, 2.75) is 40.0 Å². The second kappa shape index (κ2) is 7.29. The van der Waals surface area contributed by atoms with Crippen LogP contribution in [0.25, 0.3) is 0 Å². The first kappa shape index (κ1) is 21.0. The van der Waals surface area contributed by atoms with Crippen molar-refractivity contribution in [3.05, 3.63) is 48.6 Å². The number of aryl methyl sites for hydroxylation is 1. The number of thiophene rings is 1. The van der Waals surface area contributed by atoms with Crippen LogP contribution in [0.1, 0.15) is 58.3 Å². The summed E-state index contributed by atoms with van der Waals surface area (Å²) >= 11 is 1.34. The average molecular weight is 419 g/mol. The van der Waals surface area contributed by atoms with Crippen molar-refractivity contribution in [3.8, 4) is 0 Å². The van der Waals surface area contributed by atoms with Crippen molar-refractivity contribution < 1.29 is 9.59 Å². The highest BCUT2D eigenvalue weighted by molar-refractivity contribution is 7.17. The highest BCUT2D eigenvalue weighted by Crippen LogP contribution is 2.44. The summed E-state index contributed by atoms with van der Waals surface area (Å²) in [7, 11) is 2.77. The number of aromatic nitrogens is 2. The fourth-order valence-corrected chi connectivity index (χ4v) is 5.14. The molecule has 1 unspecified atom stereocenters. The van der Waals surface area contributed by atoms with Gasteiger partial charge >= 0.3 is 5.69 Å². The van der Waals surface area contributed by atoms with E-state index < -0.39 is 23.1 Å². The predicted molar refractivity (Wildman–Crippen MR) is 113 cm³/mol. The first-order chi connectivity index (χ1) is 13.4. The van der Waals surface area contributed by atoms with E-state index in [1.807, 2.05) is 0 Å². The van der Waals surface area contributed by atoms with Gasteiger partial charge in [-0.15, -0.1) is 11.3 Å². The number of carbonyl (C=O) groups is 2. The first-order valence-corrected chi connectivity index (χ1v) is 10.3. The number of nitrogens with one attached hydrogen (secondary N) is 1. The Kier molecular flexibility index (Phi) is 5.29. The molecule has 0 aromatic carbocycles. The van der Waals surface area contributed by atoms with E-state index in [1.165, 1.54) is 36.2 Å². The number of anilines is 1. The zero-order valence-corrected chi connectivity index (χ0v) is 18.1. The fourth-order valence-electron chi connectivity index (χ4n) is 3.81. The number of amides is 2. The van der Waals surface area contributed by atoms with Crippen LogP contribution < -0.4 is 22.3 Å². The SMILES string of the molecule is Cn1cc(C(=O)Nc2sc3c(c2C(N)=O)CCC(C(C)(C)C)C3)c(=O)n(C)c1=O. The van der Waals surface area contributed by atoms with E-state index in [1.54, 1.807) is 0 Å². The Hall–Kier alpha value is -2.68. The van der Waals surface area contributed by atoms with Crippen LogP contribution in [0.5, 0.6) is 0 Å². The minimum atomic E-state index is -0.694. The average Bonchev–Trinajstić information content (AvgIpc) is 2.99. The smallest absolute Gasteiger partial charge is 0.330 e. The zero-order valence-electron chi connectivity index (χ0n) is 17.3. The largest absolute Gasteiger partial charge is 0.365 e. The molecule has 9 heteroatoms. The molecule has 29 heavy (non-hydrogen) atoms. The van der Waals surface area contributed by atoms with Gasteiger partial charge in [-0.2, -0.15) is 0 Å². The summed E-state index contributed by atoms with van der Waals surface area (Å²) in [6.07, 6.45) is 3.69. The van der Waals surface area contributed by atoms with Gasteiger partial charge in [0.05, 0.1) is 5.56 Å². The lowest BCUT2D eigenvalue weighted by atomic mass is 9.72. The fraction of sp³-hybridized carbons (Fsp3) is 0.500. The molecular weight excluding hydrogens is 392 g/mol. The Bertz CT molecular complexity index is 1120. The van der Waals surface area contributed by atoms with E-state index in [0.29, 0.717) is 16.5 Å². The second-order valence-electron chi connectivity index (χ2n) is 8.63. The van der Waals surface area contributed by atoms with E-state index in [2.05, 4.69) is 26.1 Å². The molecule has 1 aliphatic rings. The molecule has 1 atom stereocenters. The maximum absolute atomic E-state index is 12.8. The Morgan fingerprint density at radius 2 is 1.90 bits per heavy atom. The minimum absolute atomic E-state index is 0.138. The summed E-state index contributed by atoms with van der Waals surface area (Å²) in [5.74, 6) is -0.802. The molecule has 0 radical (unpaired) electrons. The summed E-state index contributed by atoms with van der Waals surface area (Å²) in [4.78, 5) is 50.1. The van der Waals surface area contributed by atoms with Gasteiger partial charge in [0.15, 0.2) is 0 Å². The zero-order chi connectivity index (χ0) is 21.7. The molecule has 156 valence electrons. The van der Waals surface area contributed by atoms with E-state index in [0.717, 1.165) is 34.3 Å². The molecule has 0 aliphatic heterocycles. The lowest BCUT2D eigenvalue weighted by molar-refractivity contribution is 0.1000. The lowest BCUT2D eigenvalue weighted by Crippen LogP contribution is -2.40. The number of primary amides is 1. The Labute approximate surface area is 172 Å². The van der Waals surface area contributed by atoms with Gasteiger partial charge in [-0.1, -0.05) is 20.8 Å². The Morgan fingerprint density at radius 1 is 1.24 bits per heavy atom. The van der Waals surface area contributed by atoms with Crippen molar-refractivity contribution in [3.63, 3.8) is 0 Å². The normalized spacial score (nSPS) is 16.4. The molecule has 2 aromatic rings. The molecule has 2 amide bonds. The highest BCUT2D eigenvalue weighted by Gasteiger charge is 2.33. The summed E-state index contributed by atoms with van der Waals surface area (Å²) < 4.78 is 2.04. The lowest BCUT2D eigenvalue weighted by Gasteiger charge is -2.33. The number of nitrogens with two attached hydrogens (primary N) is 1. The van der Waals surface area contributed by atoms with Gasteiger partial charge in [0.1, 0.15) is 10.6 Å². The van der Waals surface area contributed by atoms with Gasteiger partial charge in [-0.3, -0.25) is 19.0 Å². The number of nitrogens with zero attached hydrogens (tertiary/aromatic N) is 2. The minimum Gasteiger partial charge on any atom is -0.365 e. The van der Waals surface area contributed by atoms with Gasteiger partial charge in [-0.25, -0.2) is 4.79 Å². The highest BCUT2D eigenvalue weighted by atomic mass is 32.1. The van der Waals surface area contributed by atoms with Crippen LogP contribution >= 0.6 is 11.3 Å². The molecule has 2 aromatic heterocycles. The molecule has 0 saturated carbocycles. The quantitative estimate of drug-likeness (QED) is 0.788. The van der Waals surface area contributed by atoms with Crippen LogP contribution in [0.4, 0.5) is 5.00 Å². The molecule has 1 aliphatic carbocycles. The van der Waals surface area contributed by atoms with Crippen molar-refractivity contribution in [1.29, 1.82) is 0 Å². The standard InChI is InChI=1S/C20H26N4O4S/c1-20(2,3)10-6-7-11-13(8-10)29-17(14(11)15(21)25)22-16(26)12-9-23(4)19(28)24(5)18(12)27/h9-10H,6-8H2,1-5H3,(H2,21,25)(H,22,26). The van der Waals surface area contributed by atoms with Gasteiger partial charge in [-0.05, 0) is 36.2 Å². The molecule has 3 rings (SSSR count). The van der Waals surface area contributed by atoms with Crippen LogP contribution in [-0.4, -0.2) is 20.9 Å². The number of fused-ring (bicyclic) bond motifs is 1. The van der Waals surface area contributed by atoms with Gasteiger partial charge < -0.3 is 15.6 Å². The predicted octanol–water partition coefficient (Wildman–Crippen LogP) is 1.65. The van der Waals surface area contributed by atoms with Crippen LogP contribution in [0.15, 0.2) is 15.8 Å². The molecular formula is C20H26N4O4S. The number of hydrogen-bond donors (Lipinski definition) is 2. The topological polar surface area (TPSA) is 116 Å². The second-order valence-corrected chi connectivity index (χ2v) is 9.74.